The van der Waals surface area contributed by atoms with Crippen molar-refractivity contribution < 1.29 is 27.4 Å². The monoisotopic (exact) mass is 530 g/mol. The van der Waals surface area contributed by atoms with Crippen LogP contribution in [0.4, 0.5) is 5.69 Å². The highest BCUT2D eigenvalue weighted by Crippen LogP contribution is 2.32. The predicted molar refractivity (Wildman–Crippen MR) is 139 cm³/mol. The van der Waals surface area contributed by atoms with Crippen molar-refractivity contribution in [2.24, 2.45) is 4.99 Å². The fourth-order valence-corrected chi connectivity index (χ4v) is 5.31. The molecule has 0 radical (unpaired) electrons. The lowest BCUT2D eigenvalue weighted by atomic mass is 10.2. The van der Waals surface area contributed by atoms with Crippen LogP contribution in [0.2, 0.25) is 5.02 Å². The van der Waals surface area contributed by atoms with E-state index in [-0.39, 0.29) is 18.0 Å². The van der Waals surface area contributed by atoms with Crippen molar-refractivity contribution in [2.75, 3.05) is 40.5 Å². The minimum absolute atomic E-state index is 0.0786. The Morgan fingerprint density at radius 2 is 1.72 bits per heavy atom. The molecule has 36 heavy (non-hydrogen) atoms. The van der Waals surface area contributed by atoms with Gasteiger partial charge >= 0.3 is 0 Å². The molecule has 0 bridgehead atoms. The maximum atomic E-state index is 13.3. The van der Waals surface area contributed by atoms with Gasteiger partial charge in [0.25, 0.3) is 0 Å². The third-order valence-corrected chi connectivity index (χ3v) is 7.78. The van der Waals surface area contributed by atoms with Crippen molar-refractivity contribution in [3.05, 3.63) is 76.8 Å². The van der Waals surface area contributed by atoms with Gasteiger partial charge in [0.2, 0.25) is 10.0 Å². The number of nitrogens with zero attached hydrogens (tertiary/aromatic N) is 2. The van der Waals surface area contributed by atoms with E-state index in [0.717, 1.165) is 11.1 Å². The number of morpholine rings is 1. The average Bonchev–Trinajstić information content (AvgIpc) is 2.92. The molecule has 0 aromatic heterocycles. The van der Waals surface area contributed by atoms with Crippen molar-refractivity contribution in [3.63, 3.8) is 0 Å². The van der Waals surface area contributed by atoms with E-state index >= 15 is 0 Å². The maximum absolute atomic E-state index is 13.3. The zero-order chi connectivity index (χ0) is 25.5. The number of hydrogen-bond acceptors (Lipinski definition) is 7. The third-order valence-electron chi connectivity index (χ3n) is 5.60. The molecule has 10 heteroatoms. The normalized spacial score (nSPS) is 14.6. The molecule has 0 spiro atoms. The lowest BCUT2D eigenvalue weighted by molar-refractivity contribution is 0.0730. The van der Waals surface area contributed by atoms with Gasteiger partial charge in [0.05, 0.1) is 33.1 Å². The standard InChI is InChI=1S/C26H27ClN2O6S/c1-32-22-8-9-23(26(16-22)36(30,31)29-11-13-34-14-12-29)28-17-20-5-10-24(25(15-20)33-2)35-18-19-3-6-21(27)7-4-19/h3-10,15-17H,11-14,18H2,1-2H3. The summed E-state index contributed by atoms with van der Waals surface area (Å²) < 4.78 is 50.0. The second kappa shape index (κ2) is 11.7. The van der Waals surface area contributed by atoms with E-state index in [2.05, 4.69) is 4.99 Å². The zero-order valence-electron chi connectivity index (χ0n) is 20.0. The summed E-state index contributed by atoms with van der Waals surface area (Å²) in [6, 6.07) is 17.6. The van der Waals surface area contributed by atoms with Crippen LogP contribution in [0, 0.1) is 0 Å². The topological polar surface area (TPSA) is 86.7 Å². The molecule has 1 saturated heterocycles. The van der Waals surface area contributed by atoms with E-state index < -0.39 is 10.0 Å². The van der Waals surface area contributed by atoms with Crippen molar-refractivity contribution in [2.45, 2.75) is 11.5 Å². The fraction of sp³-hybridized carbons (Fsp3) is 0.269. The van der Waals surface area contributed by atoms with Crippen LogP contribution in [0.15, 0.2) is 70.6 Å². The minimum Gasteiger partial charge on any atom is -0.497 e. The number of benzene rings is 3. The van der Waals surface area contributed by atoms with Crippen LogP contribution in [0.1, 0.15) is 11.1 Å². The third kappa shape index (κ3) is 6.17. The van der Waals surface area contributed by atoms with Crippen LogP contribution in [0.5, 0.6) is 17.2 Å². The van der Waals surface area contributed by atoms with Crippen molar-refractivity contribution in [1.82, 2.24) is 4.31 Å². The van der Waals surface area contributed by atoms with Gasteiger partial charge in [-0.1, -0.05) is 23.7 Å². The Balaban J connectivity index is 1.57. The van der Waals surface area contributed by atoms with E-state index in [1.165, 1.54) is 17.5 Å². The van der Waals surface area contributed by atoms with Gasteiger partial charge in [0.1, 0.15) is 17.3 Å². The summed E-state index contributed by atoms with van der Waals surface area (Å²) in [4.78, 5) is 4.57. The van der Waals surface area contributed by atoms with Gasteiger partial charge in [-0.15, -0.1) is 0 Å². The smallest absolute Gasteiger partial charge is 0.245 e. The molecule has 0 amide bonds. The number of aliphatic imine (C=N–C) groups is 1. The summed E-state index contributed by atoms with van der Waals surface area (Å²) in [5.41, 5.74) is 2.00. The number of ether oxygens (including phenoxy) is 4. The molecule has 0 aliphatic carbocycles. The first kappa shape index (κ1) is 26.0. The molecule has 0 unspecified atom stereocenters. The molecule has 1 aliphatic heterocycles. The number of methoxy groups -OCH3 is 2. The Labute approximate surface area is 216 Å². The van der Waals surface area contributed by atoms with E-state index in [1.807, 2.05) is 30.3 Å². The van der Waals surface area contributed by atoms with Gasteiger partial charge in [-0.25, -0.2) is 8.42 Å². The summed E-state index contributed by atoms with van der Waals surface area (Å²) in [5, 5.41) is 0.665. The van der Waals surface area contributed by atoms with Gasteiger partial charge in [-0.3, -0.25) is 4.99 Å². The first-order valence-electron chi connectivity index (χ1n) is 11.3. The molecule has 0 saturated carbocycles. The number of rotatable bonds is 9. The summed E-state index contributed by atoms with van der Waals surface area (Å²) >= 11 is 5.94. The van der Waals surface area contributed by atoms with Crippen molar-refractivity contribution >= 4 is 33.5 Å². The molecular weight excluding hydrogens is 504 g/mol. The van der Waals surface area contributed by atoms with Crippen molar-refractivity contribution in [1.29, 1.82) is 0 Å². The Bertz CT molecular complexity index is 1320. The minimum atomic E-state index is -3.78. The van der Waals surface area contributed by atoms with Gasteiger partial charge in [0, 0.05) is 30.4 Å². The summed E-state index contributed by atoms with van der Waals surface area (Å²) in [6.07, 6.45) is 1.59. The second-order valence-corrected chi connectivity index (χ2v) is 10.3. The van der Waals surface area contributed by atoms with Crippen LogP contribution in [0.3, 0.4) is 0 Å². The zero-order valence-corrected chi connectivity index (χ0v) is 21.6. The molecule has 4 rings (SSSR count). The molecule has 3 aromatic rings. The molecule has 3 aromatic carbocycles. The predicted octanol–water partition coefficient (Wildman–Crippen LogP) is 4.71. The van der Waals surface area contributed by atoms with E-state index in [9.17, 15) is 8.42 Å². The number of hydrogen-bond donors (Lipinski definition) is 0. The highest BCUT2D eigenvalue weighted by Gasteiger charge is 2.29. The average molecular weight is 531 g/mol. The van der Waals surface area contributed by atoms with Crippen LogP contribution >= 0.6 is 11.6 Å². The van der Waals surface area contributed by atoms with E-state index in [0.29, 0.717) is 47.8 Å². The number of halogens is 1. The molecule has 0 N–H and O–H groups in total. The van der Waals surface area contributed by atoms with Crippen molar-refractivity contribution in [3.8, 4) is 17.2 Å². The molecule has 1 fully saturated rings. The Morgan fingerprint density at radius 1 is 0.972 bits per heavy atom. The van der Waals surface area contributed by atoms with Crippen LogP contribution < -0.4 is 14.2 Å². The van der Waals surface area contributed by atoms with Crippen LogP contribution in [0.25, 0.3) is 0 Å². The highest BCUT2D eigenvalue weighted by molar-refractivity contribution is 7.89. The van der Waals surface area contributed by atoms with Crippen LogP contribution in [-0.4, -0.2) is 59.5 Å². The lowest BCUT2D eigenvalue weighted by Gasteiger charge is -2.26. The molecule has 0 atom stereocenters. The van der Waals surface area contributed by atoms with Gasteiger partial charge in [0.15, 0.2) is 11.5 Å². The second-order valence-electron chi connectivity index (χ2n) is 7.93. The molecular formula is C26H27ClN2O6S. The van der Waals surface area contributed by atoms with Crippen LogP contribution in [-0.2, 0) is 21.4 Å². The summed E-state index contributed by atoms with van der Waals surface area (Å²) in [6.45, 7) is 1.65. The molecule has 1 aliphatic rings. The first-order chi connectivity index (χ1) is 17.4. The molecule has 1 heterocycles. The largest absolute Gasteiger partial charge is 0.497 e. The fourth-order valence-electron chi connectivity index (χ4n) is 3.63. The quantitative estimate of drug-likeness (QED) is 0.372. The molecule has 8 nitrogen and oxygen atoms in total. The Morgan fingerprint density at radius 3 is 2.42 bits per heavy atom. The summed E-state index contributed by atoms with van der Waals surface area (Å²) in [7, 11) is -0.729. The highest BCUT2D eigenvalue weighted by atomic mass is 35.5. The SMILES string of the molecule is COc1ccc(N=Cc2ccc(OCc3ccc(Cl)cc3)c(OC)c2)c(S(=O)(=O)N2CCOCC2)c1. The Kier molecular flexibility index (Phi) is 8.48. The number of sulfonamides is 1. The Hall–Kier alpha value is -3.11. The lowest BCUT2D eigenvalue weighted by Crippen LogP contribution is -2.40. The maximum Gasteiger partial charge on any atom is 0.245 e. The first-order valence-corrected chi connectivity index (χ1v) is 13.1. The van der Waals surface area contributed by atoms with Gasteiger partial charge in [-0.2, -0.15) is 4.31 Å². The van der Waals surface area contributed by atoms with E-state index in [1.54, 1.807) is 37.6 Å². The molecule has 190 valence electrons. The van der Waals surface area contributed by atoms with Gasteiger partial charge < -0.3 is 18.9 Å². The summed E-state index contributed by atoms with van der Waals surface area (Å²) in [5.74, 6) is 1.54. The van der Waals surface area contributed by atoms with E-state index in [4.69, 9.17) is 30.5 Å². The van der Waals surface area contributed by atoms with Gasteiger partial charge in [-0.05, 0) is 53.6 Å².